The Labute approximate surface area is 192 Å². The number of hydrogen-bond acceptors (Lipinski definition) is 5. The Morgan fingerprint density at radius 3 is 2.45 bits per heavy atom. The van der Waals surface area contributed by atoms with Crippen molar-refractivity contribution in [1.82, 2.24) is 19.5 Å². The van der Waals surface area contributed by atoms with E-state index in [1.165, 1.54) is 11.1 Å². The summed E-state index contributed by atoms with van der Waals surface area (Å²) in [6.07, 6.45) is 1.38. The highest BCUT2D eigenvalue weighted by Crippen LogP contribution is 2.26. The highest BCUT2D eigenvalue weighted by molar-refractivity contribution is 5.81. The Morgan fingerprint density at radius 2 is 1.79 bits per heavy atom. The molecule has 0 spiro atoms. The molecule has 33 heavy (non-hydrogen) atoms. The van der Waals surface area contributed by atoms with Crippen molar-refractivity contribution in [2.75, 3.05) is 0 Å². The maximum Gasteiger partial charge on any atom is 0.349 e. The van der Waals surface area contributed by atoms with Gasteiger partial charge in [0, 0.05) is 6.42 Å². The molecule has 0 radical (unpaired) electrons. The second kappa shape index (κ2) is 9.27. The number of nitrogens with one attached hydrogen (secondary N) is 1. The summed E-state index contributed by atoms with van der Waals surface area (Å²) in [6.45, 7) is 10.7. The lowest BCUT2D eigenvalue weighted by Gasteiger charge is -2.25. The summed E-state index contributed by atoms with van der Waals surface area (Å²) in [7, 11) is 0. The van der Waals surface area contributed by atoms with Crippen LogP contribution in [0, 0.1) is 13.8 Å². The summed E-state index contributed by atoms with van der Waals surface area (Å²) in [4.78, 5) is 35.7. The van der Waals surface area contributed by atoms with E-state index in [4.69, 9.17) is 4.74 Å². The number of benzene rings is 2. The third-order valence-electron chi connectivity index (χ3n) is 5.88. The molecular formula is C26H30N4O3. The van der Waals surface area contributed by atoms with Crippen LogP contribution in [0.3, 0.4) is 0 Å². The van der Waals surface area contributed by atoms with Crippen molar-refractivity contribution in [1.29, 1.82) is 0 Å². The Hall–Kier alpha value is -3.32. The maximum absolute atomic E-state index is 12.6. The summed E-state index contributed by atoms with van der Waals surface area (Å²) in [6, 6.07) is 12.5. The van der Waals surface area contributed by atoms with Crippen molar-refractivity contribution in [3.05, 3.63) is 79.5 Å². The molecule has 2 aliphatic rings. The number of fused-ring (bicyclic) bond motifs is 2. The van der Waals surface area contributed by atoms with Gasteiger partial charge in [0.15, 0.2) is 11.5 Å². The number of hydrogen-bond donors (Lipinski definition) is 1. The largest absolute Gasteiger partial charge is 0.373 e. The van der Waals surface area contributed by atoms with Crippen molar-refractivity contribution in [3.63, 3.8) is 0 Å². The average Bonchev–Trinajstić information content (AvgIpc) is 2.75. The predicted octanol–water partition coefficient (Wildman–Crippen LogP) is 3.80. The summed E-state index contributed by atoms with van der Waals surface area (Å²) >= 11 is 0. The van der Waals surface area contributed by atoms with Gasteiger partial charge >= 0.3 is 5.69 Å². The molecule has 1 N–H and O–H groups in total. The Morgan fingerprint density at radius 1 is 1.06 bits per heavy atom. The van der Waals surface area contributed by atoms with Crippen molar-refractivity contribution < 1.29 is 4.74 Å². The third kappa shape index (κ3) is 4.88. The molecule has 0 saturated heterocycles. The van der Waals surface area contributed by atoms with Crippen LogP contribution >= 0.6 is 0 Å². The number of ether oxygens (including phenoxy) is 1. The van der Waals surface area contributed by atoms with Crippen LogP contribution < -0.4 is 11.2 Å². The molecule has 2 aromatic carbocycles. The SMILES string of the molecule is CCc1cc2nc3c(=O)[nH]c(=O)nc-3n(CC(Cc3ccc(C)cc3)OC(C)C)c2cc1C. The summed E-state index contributed by atoms with van der Waals surface area (Å²) in [5.74, 6) is 0.279. The van der Waals surface area contributed by atoms with Gasteiger partial charge < -0.3 is 9.30 Å². The normalized spacial score (nSPS) is 12.7. The predicted molar refractivity (Wildman–Crippen MR) is 130 cm³/mol. The molecular weight excluding hydrogens is 416 g/mol. The lowest BCUT2D eigenvalue weighted by molar-refractivity contribution is -0.000463. The Kier molecular flexibility index (Phi) is 6.42. The van der Waals surface area contributed by atoms with Crippen LogP contribution in [0.4, 0.5) is 0 Å². The molecule has 172 valence electrons. The van der Waals surface area contributed by atoms with Crippen LogP contribution in [0.1, 0.15) is 43.0 Å². The van der Waals surface area contributed by atoms with Gasteiger partial charge in [0.05, 0.1) is 29.8 Å². The molecule has 0 aliphatic carbocycles. The highest BCUT2D eigenvalue weighted by Gasteiger charge is 2.23. The van der Waals surface area contributed by atoms with E-state index in [0.29, 0.717) is 18.5 Å². The number of aromatic nitrogens is 4. The van der Waals surface area contributed by atoms with Gasteiger partial charge in [-0.1, -0.05) is 36.8 Å². The van der Waals surface area contributed by atoms with E-state index < -0.39 is 11.2 Å². The topological polar surface area (TPSA) is 89.9 Å². The third-order valence-corrected chi connectivity index (χ3v) is 5.88. The first kappa shape index (κ1) is 22.9. The van der Waals surface area contributed by atoms with Crippen LogP contribution in [-0.4, -0.2) is 31.7 Å². The minimum absolute atomic E-state index is 0.0141. The first-order chi connectivity index (χ1) is 15.7. The zero-order chi connectivity index (χ0) is 23.7. The fraction of sp³-hybridized carbons (Fsp3) is 0.385. The van der Waals surface area contributed by atoms with Crippen LogP contribution in [-0.2, 0) is 24.1 Å². The minimum Gasteiger partial charge on any atom is -0.373 e. The molecule has 1 unspecified atom stereocenters. The smallest absolute Gasteiger partial charge is 0.349 e. The number of aromatic amines is 1. The quantitative estimate of drug-likeness (QED) is 0.436. The van der Waals surface area contributed by atoms with Crippen LogP contribution in [0.25, 0.3) is 22.6 Å². The van der Waals surface area contributed by atoms with Gasteiger partial charge in [0.2, 0.25) is 0 Å². The van der Waals surface area contributed by atoms with E-state index in [2.05, 4.69) is 66.1 Å². The van der Waals surface area contributed by atoms with Crippen molar-refractivity contribution >= 4 is 11.0 Å². The molecule has 0 amide bonds. The summed E-state index contributed by atoms with van der Waals surface area (Å²) < 4.78 is 8.21. The Balaban J connectivity index is 1.89. The standard InChI is InChI=1S/C26H30N4O3/c1-6-19-13-21-22(11-17(19)5)30(24-23(27-21)25(31)29-26(32)28-24)14-20(33-15(2)3)12-18-9-7-16(4)8-10-18/h7-11,13,15,20H,6,12,14H2,1-5H3,(H,29,31,32). The number of nitrogens with zero attached hydrogens (tertiary/aromatic N) is 3. The first-order valence-electron chi connectivity index (χ1n) is 11.4. The summed E-state index contributed by atoms with van der Waals surface area (Å²) in [5, 5.41) is 0. The van der Waals surface area contributed by atoms with Gasteiger partial charge in [-0.25, -0.2) is 9.78 Å². The van der Waals surface area contributed by atoms with Crippen molar-refractivity contribution in [2.45, 2.75) is 66.2 Å². The molecule has 1 atom stereocenters. The molecule has 2 aromatic rings. The minimum atomic E-state index is -0.677. The van der Waals surface area contributed by atoms with E-state index >= 15 is 0 Å². The van der Waals surface area contributed by atoms with Gasteiger partial charge in [0.25, 0.3) is 5.56 Å². The number of rotatable bonds is 7. The number of H-pyrrole nitrogens is 1. The molecule has 0 bridgehead atoms. The highest BCUT2D eigenvalue weighted by atomic mass is 16.5. The molecule has 2 heterocycles. The zero-order valence-electron chi connectivity index (χ0n) is 19.8. The molecule has 0 saturated carbocycles. The molecule has 0 aromatic heterocycles. The zero-order valence-corrected chi connectivity index (χ0v) is 19.8. The molecule has 0 fully saturated rings. The summed E-state index contributed by atoms with van der Waals surface area (Å²) in [5.41, 5.74) is 5.15. The first-order valence-corrected chi connectivity index (χ1v) is 11.4. The number of aryl methyl sites for hydroxylation is 3. The van der Waals surface area contributed by atoms with E-state index in [9.17, 15) is 9.59 Å². The van der Waals surface area contributed by atoms with Crippen LogP contribution in [0.2, 0.25) is 0 Å². The van der Waals surface area contributed by atoms with Gasteiger partial charge in [-0.05, 0) is 62.9 Å². The van der Waals surface area contributed by atoms with E-state index in [1.54, 1.807) is 0 Å². The lowest BCUT2D eigenvalue weighted by atomic mass is 10.0. The molecule has 4 rings (SSSR count). The molecule has 2 aliphatic heterocycles. The van der Waals surface area contributed by atoms with Gasteiger partial charge in [0.1, 0.15) is 0 Å². The van der Waals surface area contributed by atoms with Gasteiger partial charge in [-0.15, -0.1) is 0 Å². The van der Waals surface area contributed by atoms with E-state index in [1.807, 2.05) is 24.5 Å². The lowest BCUT2D eigenvalue weighted by Crippen LogP contribution is -2.32. The maximum atomic E-state index is 12.6. The second-order valence-electron chi connectivity index (χ2n) is 8.88. The van der Waals surface area contributed by atoms with E-state index in [-0.39, 0.29) is 23.7 Å². The second-order valence-corrected chi connectivity index (χ2v) is 8.88. The van der Waals surface area contributed by atoms with Gasteiger partial charge in [-0.2, -0.15) is 4.98 Å². The van der Waals surface area contributed by atoms with Crippen molar-refractivity contribution in [3.8, 4) is 11.5 Å². The fourth-order valence-corrected chi connectivity index (χ4v) is 4.29. The molecule has 7 heteroatoms. The Bertz CT molecular complexity index is 1370. The molecule has 7 nitrogen and oxygen atoms in total. The van der Waals surface area contributed by atoms with Gasteiger partial charge in [-0.3, -0.25) is 9.78 Å². The van der Waals surface area contributed by atoms with Crippen LogP contribution in [0.15, 0.2) is 46.0 Å². The van der Waals surface area contributed by atoms with E-state index in [0.717, 1.165) is 23.1 Å². The van der Waals surface area contributed by atoms with Crippen LogP contribution in [0.5, 0.6) is 0 Å². The van der Waals surface area contributed by atoms with Crippen molar-refractivity contribution in [2.24, 2.45) is 0 Å². The monoisotopic (exact) mass is 446 g/mol. The fourth-order valence-electron chi connectivity index (χ4n) is 4.29. The average molecular weight is 447 g/mol.